The van der Waals surface area contributed by atoms with E-state index in [9.17, 15) is 9.59 Å². The van der Waals surface area contributed by atoms with Gasteiger partial charge in [0, 0.05) is 30.4 Å². The summed E-state index contributed by atoms with van der Waals surface area (Å²) in [4.78, 5) is 30.6. The molecule has 144 valence electrons. The molecule has 1 aromatic rings. The number of likely N-dealkylation sites (tertiary alicyclic amines) is 1. The topological polar surface area (TPSA) is 49.9 Å². The van der Waals surface area contributed by atoms with Gasteiger partial charge in [-0.2, -0.15) is 0 Å². The van der Waals surface area contributed by atoms with Gasteiger partial charge in [-0.25, -0.2) is 4.79 Å². The molecule has 1 atom stereocenters. The molecule has 0 radical (unpaired) electrons. The molecule has 1 aromatic heterocycles. The largest absolute Gasteiger partial charge is 0.444 e. The number of piperidine rings is 1. The molecule has 5 nitrogen and oxygen atoms in total. The first kappa shape index (κ1) is 19.2. The molecular weight excluding hydrogens is 348 g/mol. The average Bonchev–Trinajstić information content (AvgIpc) is 3.07. The highest BCUT2D eigenvalue weighted by molar-refractivity contribution is 7.10. The third-order valence-electron chi connectivity index (χ3n) is 5.26. The summed E-state index contributed by atoms with van der Waals surface area (Å²) in [6.07, 6.45) is 3.09. The maximum absolute atomic E-state index is 13.2. The van der Waals surface area contributed by atoms with Gasteiger partial charge in [0.15, 0.2) is 0 Å². The van der Waals surface area contributed by atoms with E-state index in [1.54, 1.807) is 16.2 Å². The molecule has 3 heterocycles. The molecule has 6 heteroatoms. The molecule has 1 unspecified atom stereocenters. The van der Waals surface area contributed by atoms with E-state index < -0.39 is 5.60 Å². The minimum Gasteiger partial charge on any atom is -0.444 e. The Morgan fingerprint density at radius 2 is 1.92 bits per heavy atom. The zero-order valence-corrected chi connectivity index (χ0v) is 17.1. The fraction of sp³-hybridized carbons (Fsp3) is 0.700. The van der Waals surface area contributed by atoms with Crippen molar-refractivity contribution >= 4 is 23.3 Å². The Morgan fingerprint density at radius 3 is 2.54 bits per heavy atom. The minimum atomic E-state index is -0.482. The Labute approximate surface area is 160 Å². The van der Waals surface area contributed by atoms with Gasteiger partial charge in [0.2, 0.25) is 5.91 Å². The van der Waals surface area contributed by atoms with Crippen LogP contribution in [0.1, 0.15) is 63.4 Å². The number of hydrogen-bond acceptors (Lipinski definition) is 4. The maximum Gasteiger partial charge on any atom is 0.410 e. The van der Waals surface area contributed by atoms with Gasteiger partial charge in [0.05, 0.1) is 6.04 Å². The number of amides is 2. The number of nitrogens with zero attached hydrogens (tertiary/aromatic N) is 2. The number of rotatable bonds is 2. The third-order valence-corrected chi connectivity index (χ3v) is 6.26. The molecule has 1 saturated heterocycles. The maximum atomic E-state index is 13.2. The average molecular weight is 379 g/mol. The molecule has 2 amide bonds. The molecule has 1 fully saturated rings. The van der Waals surface area contributed by atoms with E-state index in [4.69, 9.17) is 4.74 Å². The Kier molecular flexibility index (Phi) is 5.61. The van der Waals surface area contributed by atoms with Crippen molar-refractivity contribution in [2.24, 2.45) is 5.92 Å². The summed E-state index contributed by atoms with van der Waals surface area (Å²) in [6.45, 7) is 9.79. The van der Waals surface area contributed by atoms with Crippen LogP contribution in [0, 0.1) is 5.92 Å². The molecule has 2 aliphatic heterocycles. The van der Waals surface area contributed by atoms with Crippen molar-refractivity contribution in [1.82, 2.24) is 9.80 Å². The second-order valence-corrected chi connectivity index (χ2v) is 9.25. The summed E-state index contributed by atoms with van der Waals surface area (Å²) >= 11 is 1.81. The monoisotopic (exact) mass is 378 g/mol. The standard InChI is InChI=1S/C20H30N2O3S/c1-5-16-15-9-13-26-17(15)8-12-22(16)18(23)14-6-10-21(11-7-14)19(24)25-20(2,3)4/h9,13-14,16H,5-8,10-12H2,1-4H3. The zero-order valence-electron chi connectivity index (χ0n) is 16.3. The second kappa shape index (κ2) is 7.59. The predicted molar refractivity (Wildman–Crippen MR) is 103 cm³/mol. The fourth-order valence-corrected chi connectivity index (χ4v) is 4.90. The first-order valence-corrected chi connectivity index (χ1v) is 10.5. The van der Waals surface area contributed by atoms with Crippen LogP contribution in [0.15, 0.2) is 11.4 Å². The van der Waals surface area contributed by atoms with Gasteiger partial charge < -0.3 is 14.5 Å². The summed E-state index contributed by atoms with van der Waals surface area (Å²) < 4.78 is 5.45. The molecule has 0 saturated carbocycles. The van der Waals surface area contributed by atoms with E-state index >= 15 is 0 Å². The van der Waals surface area contributed by atoms with Crippen molar-refractivity contribution in [2.45, 2.75) is 65.0 Å². The molecule has 0 N–H and O–H groups in total. The molecule has 26 heavy (non-hydrogen) atoms. The van der Waals surface area contributed by atoms with E-state index in [2.05, 4.69) is 23.3 Å². The highest BCUT2D eigenvalue weighted by atomic mass is 32.1. The smallest absolute Gasteiger partial charge is 0.410 e. The van der Waals surface area contributed by atoms with Crippen molar-refractivity contribution in [2.75, 3.05) is 19.6 Å². The second-order valence-electron chi connectivity index (χ2n) is 8.25. The minimum absolute atomic E-state index is 0.0166. The molecule has 2 aliphatic rings. The first-order valence-electron chi connectivity index (χ1n) is 9.65. The number of carbonyl (C=O) groups is 2. The normalized spacial score (nSPS) is 21.5. The summed E-state index contributed by atoms with van der Waals surface area (Å²) in [6, 6.07) is 2.39. The van der Waals surface area contributed by atoms with Crippen molar-refractivity contribution < 1.29 is 14.3 Å². The lowest BCUT2D eigenvalue weighted by molar-refractivity contribution is -0.140. The van der Waals surface area contributed by atoms with Gasteiger partial charge in [-0.1, -0.05) is 6.92 Å². The number of ether oxygens (including phenoxy) is 1. The van der Waals surface area contributed by atoms with Gasteiger partial charge in [0.1, 0.15) is 5.60 Å². The first-order chi connectivity index (χ1) is 12.3. The Bertz CT molecular complexity index is 656. The van der Waals surface area contributed by atoms with Gasteiger partial charge in [0.25, 0.3) is 0 Å². The van der Waals surface area contributed by atoms with E-state index in [0.29, 0.717) is 13.1 Å². The fourth-order valence-electron chi connectivity index (χ4n) is 3.97. The lowest BCUT2D eigenvalue weighted by Crippen LogP contribution is -2.47. The Hall–Kier alpha value is -1.56. The SMILES string of the molecule is CCC1c2ccsc2CCN1C(=O)C1CCN(C(=O)OC(C)(C)C)CC1. The van der Waals surface area contributed by atoms with Crippen molar-refractivity contribution in [3.63, 3.8) is 0 Å². The van der Waals surface area contributed by atoms with E-state index in [1.165, 1.54) is 10.4 Å². The molecule has 3 rings (SSSR count). The van der Waals surface area contributed by atoms with Crippen molar-refractivity contribution in [1.29, 1.82) is 0 Å². The van der Waals surface area contributed by atoms with Crippen LogP contribution >= 0.6 is 11.3 Å². The van der Waals surface area contributed by atoms with Crippen molar-refractivity contribution in [3.05, 3.63) is 21.9 Å². The number of hydrogen-bond donors (Lipinski definition) is 0. The number of carbonyl (C=O) groups excluding carboxylic acids is 2. The van der Waals surface area contributed by atoms with Crippen LogP contribution in [-0.2, 0) is 16.0 Å². The molecular formula is C20H30N2O3S. The summed E-state index contributed by atoms with van der Waals surface area (Å²) in [5.41, 5.74) is 0.854. The number of fused-ring (bicyclic) bond motifs is 1. The lowest BCUT2D eigenvalue weighted by Gasteiger charge is -2.40. The van der Waals surface area contributed by atoms with Crippen LogP contribution in [0.4, 0.5) is 4.79 Å². The molecule has 0 aromatic carbocycles. The van der Waals surface area contributed by atoms with Crippen LogP contribution in [-0.4, -0.2) is 47.0 Å². The van der Waals surface area contributed by atoms with Crippen LogP contribution in [0.25, 0.3) is 0 Å². The van der Waals surface area contributed by atoms with Gasteiger partial charge in [-0.05, 0) is 63.5 Å². The quantitative estimate of drug-likeness (QED) is 0.774. The van der Waals surface area contributed by atoms with Gasteiger partial charge >= 0.3 is 6.09 Å². The van der Waals surface area contributed by atoms with Gasteiger partial charge in [-0.15, -0.1) is 11.3 Å². The molecule has 0 spiro atoms. The highest BCUT2D eigenvalue weighted by Gasteiger charge is 2.36. The summed E-state index contributed by atoms with van der Waals surface area (Å²) in [5.74, 6) is 0.278. The van der Waals surface area contributed by atoms with Crippen LogP contribution in [0.5, 0.6) is 0 Å². The summed E-state index contributed by atoms with van der Waals surface area (Å²) in [7, 11) is 0. The Morgan fingerprint density at radius 1 is 1.23 bits per heavy atom. The molecule has 0 bridgehead atoms. The van der Waals surface area contributed by atoms with E-state index in [-0.39, 0.29) is 24.0 Å². The van der Waals surface area contributed by atoms with Crippen LogP contribution < -0.4 is 0 Å². The van der Waals surface area contributed by atoms with Crippen LogP contribution in [0.2, 0.25) is 0 Å². The predicted octanol–water partition coefficient (Wildman–Crippen LogP) is 4.23. The van der Waals surface area contributed by atoms with Crippen molar-refractivity contribution in [3.8, 4) is 0 Å². The lowest BCUT2D eigenvalue weighted by atomic mass is 9.91. The highest BCUT2D eigenvalue weighted by Crippen LogP contribution is 2.37. The third kappa shape index (κ3) is 4.05. The van der Waals surface area contributed by atoms with Gasteiger partial charge in [-0.3, -0.25) is 4.79 Å². The Balaban J connectivity index is 1.60. The zero-order chi connectivity index (χ0) is 18.9. The summed E-state index contributed by atoms with van der Waals surface area (Å²) in [5, 5.41) is 2.14. The van der Waals surface area contributed by atoms with E-state index in [0.717, 1.165) is 32.2 Å². The molecule has 0 aliphatic carbocycles. The van der Waals surface area contributed by atoms with Crippen LogP contribution in [0.3, 0.4) is 0 Å². The van der Waals surface area contributed by atoms with E-state index in [1.807, 2.05) is 20.8 Å². The number of thiophene rings is 1.